The number of piperidine rings is 1. The van der Waals surface area contributed by atoms with Crippen LogP contribution >= 0.6 is 0 Å². The molecule has 1 amide bonds. The van der Waals surface area contributed by atoms with Gasteiger partial charge in [-0.05, 0) is 37.0 Å². The van der Waals surface area contributed by atoms with Crippen molar-refractivity contribution in [3.8, 4) is 0 Å². The summed E-state index contributed by atoms with van der Waals surface area (Å²) in [6.45, 7) is 0.544. The Hall–Kier alpha value is -2.59. The molecule has 1 aliphatic carbocycles. The second-order valence-electron chi connectivity index (χ2n) is 8.15. The number of carbonyl (C=O) groups is 1. The Kier molecular flexibility index (Phi) is 4.24. The first-order valence-electron chi connectivity index (χ1n) is 10.2. The molecule has 2 aromatic carbocycles. The van der Waals surface area contributed by atoms with Gasteiger partial charge < -0.3 is 14.4 Å². The first kappa shape index (κ1) is 17.5. The summed E-state index contributed by atoms with van der Waals surface area (Å²) in [6, 6.07) is 19.6. The number of carbonyl (C=O) groups excluding carboxylic acids is 1. The molecule has 4 heteroatoms. The summed E-state index contributed by atoms with van der Waals surface area (Å²) >= 11 is 0. The summed E-state index contributed by atoms with van der Waals surface area (Å²) in [6.07, 6.45) is 4.63. The standard InChI is InChI=1S/C24H25NO3/c26-23(22-16-17-8-4-7-13-21(17)28-22)25-15-14-24(27,18-9-2-1-3-10-18)19-11-5-6-12-20(19)25/h1-4,7-10,13,16,19-20,27H,5-6,11-12,14-15H2/t19-,20+,24+/m0/s1. The van der Waals surface area contributed by atoms with Gasteiger partial charge in [0, 0.05) is 23.9 Å². The minimum Gasteiger partial charge on any atom is -0.451 e. The van der Waals surface area contributed by atoms with Crippen LogP contribution in [0.2, 0.25) is 0 Å². The molecule has 0 bridgehead atoms. The third-order valence-corrected chi connectivity index (χ3v) is 6.65. The van der Waals surface area contributed by atoms with Gasteiger partial charge in [0.1, 0.15) is 5.58 Å². The van der Waals surface area contributed by atoms with Gasteiger partial charge in [0.25, 0.3) is 5.91 Å². The minimum absolute atomic E-state index is 0.0495. The topological polar surface area (TPSA) is 53.7 Å². The summed E-state index contributed by atoms with van der Waals surface area (Å²) in [7, 11) is 0. The third-order valence-electron chi connectivity index (χ3n) is 6.65. The van der Waals surface area contributed by atoms with Gasteiger partial charge >= 0.3 is 0 Å². The average Bonchev–Trinajstić information content (AvgIpc) is 3.19. The van der Waals surface area contributed by atoms with E-state index in [1.807, 2.05) is 65.6 Å². The predicted molar refractivity (Wildman–Crippen MR) is 108 cm³/mol. The molecule has 0 radical (unpaired) electrons. The van der Waals surface area contributed by atoms with E-state index in [4.69, 9.17) is 4.42 Å². The molecule has 2 heterocycles. The number of hydrogen-bond acceptors (Lipinski definition) is 3. The van der Waals surface area contributed by atoms with Gasteiger partial charge in [-0.2, -0.15) is 0 Å². The van der Waals surface area contributed by atoms with Gasteiger partial charge in [-0.3, -0.25) is 4.79 Å². The molecule has 1 N–H and O–H groups in total. The Morgan fingerprint density at radius 2 is 1.79 bits per heavy atom. The van der Waals surface area contributed by atoms with Crippen molar-refractivity contribution in [3.05, 3.63) is 72.0 Å². The quantitative estimate of drug-likeness (QED) is 0.705. The number of nitrogens with zero attached hydrogens (tertiary/aromatic N) is 1. The van der Waals surface area contributed by atoms with Crippen LogP contribution in [0, 0.1) is 5.92 Å². The highest BCUT2D eigenvalue weighted by molar-refractivity contribution is 5.96. The van der Waals surface area contributed by atoms with Gasteiger partial charge in [-0.25, -0.2) is 0 Å². The zero-order chi connectivity index (χ0) is 19.1. The van der Waals surface area contributed by atoms with Crippen LogP contribution in [0.15, 0.2) is 65.1 Å². The Morgan fingerprint density at radius 1 is 1.04 bits per heavy atom. The molecule has 5 rings (SSSR count). The van der Waals surface area contributed by atoms with E-state index in [2.05, 4.69) is 0 Å². The molecule has 0 unspecified atom stereocenters. The Balaban J connectivity index is 1.48. The fourth-order valence-corrected chi connectivity index (χ4v) is 5.25. The molecule has 3 aromatic rings. The van der Waals surface area contributed by atoms with Gasteiger partial charge in [0.15, 0.2) is 5.76 Å². The normalized spacial score (nSPS) is 27.5. The molecular formula is C24H25NO3. The maximum Gasteiger partial charge on any atom is 0.289 e. The van der Waals surface area contributed by atoms with E-state index >= 15 is 0 Å². The Bertz CT molecular complexity index is 962. The molecule has 28 heavy (non-hydrogen) atoms. The molecule has 0 spiro atoms. The molecular weight excluding hydrogens is 350 g/mol. The Labute approximate surface area is 164 Å². The minimum atomic E-state index is -0.864. The zero-order valence-corrected chi connectivity index (χ0v) is 15.9. The van der Waals surface area contributed by atoms with E-state index < -0.39 is 5.60 Å². The number of benzene rings is 2. The highest BCUT2D eigenvalue weighted by Crippen LogP contribution is 2.47. The number of fused-ring (bicyclic) bond motifs is 2. The van der Waals surface area contributed by atoms with Crippen LogP contribution in [0.1, 0.15) is 48.2 Å². The molecule has 1 aliphatic heterocycles. The van der Waals surface area contributed by atoms with Crippen LogP contribution in [0.4, 0.5) is 0 Å². The first-order chi connectivity index (χ1) is 13.7. The highest BCUT2D eigenvalue weighted by Gasteiger charge is 2.50. The lowest BCUT2D eigenvalue weighted by molar-refractivity contribution is -0.110. The smallest absolute Gasteiger partial charge is 0.289 e. The van der Waals surface area contributed by atoms with Crippen molar-refractivity contribution in [1.29, 1.82) is 0 Å². The van der Waals surface area contributed by atoms with Crippen LogP contribution in [-0.2, 0) is 5.60 Å². The molecule has 1 aromatic heterocycles. The summed E-state index contributed by atoms with van der Waals surface area (Å²) < 4.78 is 5.85. The van der Waals surface area contributed by atoms with E-state index in [0.29, 0.717) is 18.7 Å². The van der Waals surface area contributed by atoms with Crippen LogP contribution in [0.25, 0.3) is 11.0 Å². The van der Waals surface area contributed by atoms with Crippen molar-refractivity contribution in [2.45, 2.75) is 43.7 Å². The lowest BCUT2D eigenvalue weighted by Crippen LogP contribution is -2.58. The molecule has 1 saturated heterocycles. The SMILES string of the molecule is O=C(c1cc2ccccc2o1)N1CC[C@@](O)(c2ccccc2)[C@H]2CCCC[C@H]21. The largest absolute Gasteiger partial charge is 0.451 e. The van der Waals surface area contributed by atoms with Crippen molar-refractivity contribution >= 4 is 16.9 Å². The lowest BCUT2D eigenvalue weighted by Gasteiger charge is -2.52. The number of hydrogen-bond donors (Lipinski definition) is 1. The number of furan rings is 1. The van der Waals surface area contributed by atoms with Gasteiger partial charge in [0.2, 0.25) is 0 Å². The van der Waals surface area contributed by atoms with Gasteiger partial charge in [-0.1, -0.05) is 61.4 Å². The number of rotatable bonds is 2. The van der Waals surface area contributed by atoms with Crippen LogP contribution < -0.4 is 0 Å². The highest BCUT2D eigenvalue weighted by atomic mass is 16.3. The maximum absolute atomic E-state index is 13.3. The maximum atomic E-state index is 13.3. The fourth-order valence-electron chi connectivity index (χ4n) is 5.25. The number of aliphatic hydroxyl groups is 1. The van der Waals surface area contributed by atoms with Crippen molar-refractivity contribution in [1.82, 2.24) is 4.90 Å². The lowest BCUT2D eigenvalue weighted by atomic mass is 9.66. The summed E-state index contributed by atoms with van der Waals surface area (Å²) in [4.78, 5) is 15.3. The predicted octanol–water partition coefficient (Wildman–Crippen LogP) is 4.73. The van der Waals surface area contributed by atoms with E-state index in [-0.39, 0.29) is 17.9 Å². The van der Waals surface area contributed by atoms with E-state index in [0.717, 1.165) is 42.2 Å². The second-order valence-corrected chi connectivity index (χ2v) is 8.15. The van der Waals surface area contributed by atoms with Crippen molar-refractivity contribution in [2.24, 2.45) is 5.92 Å². The van der Waals surface area contributed by atoms with E-state index in [1.165, 1.54) is 0 Å². The van der Waals surface area contributed by atoms with Crippen molar-refractivity contribution in [3.63, 3.8) is 0 Å². The van der Waals surface area contributed by atoms with E-state index in [1.54, 1.807) is 0 Å². The average molecular weight is 375 g/mol. The van der Waals surface area contributed by atoms with Crippen LogP contribution in [-0.4, -0.2) is 28.5 Å². The number of para-hydroxylation sites is 1. The van der Waals surface area contributed by atoms with Crippen LogP contribution in [0.3, 0.4) is 0 Å². The molecule has 3 atom stereocenters. The molecule has 2 aliphatic rings. The summed E-state index contributed by atoms with van der Waals surface area (Å²) in [5, 5.41) is 12.6. The molecule has 1 saturated carbocycles. The number of likely N-dealkylation sites (tertiary alicyclic amines) is 1. The molecule has 4 nitrogen and oxygen atoms in total. The third kappa shape index (κ3) is 2.75. The second kappa shape index (κ2) is 6.78. The van der Waals surface area contributed by atoms with Gasteiger partial charge in [-0.15, -0.1) is 0 Å². The number of amides is 1. The monoisotopic (exact) mass is 375 g/mol. The zero-order valence-electron chi connectivity index (χ0n) is 15.9. The summed E-state index contributed by atoms with van der Waals surface area (Å²) in [5.41, 5.74) is 0.850. The first-order valence-corrected chi connectivity index (χ1v) is 10.2. The summed E-state index contributed by atoms with van der Waals surface area (Å²) in [5.74, 6) is 0.407. The van der Waals surface area contributed by atoms with Crippen molar-refractivity contribution in [2.75, 3.05) is 6.54 Å². The van der Waals surface area contributed by atoms with E-state index in [9.17, 15) is 9.90 Å². The molecule has 2 fully saturated rings. The van der Waals surface area contributed by atoms with Crippen molar-refractivity contribution < 1.29 is 14.3 Å². The molecule has 144 valence electrons. The Morgan fingerprint density at radius 3 is 2.61 bits per heavy atom. The fraction of sp³-hybridized carbons (Fsp3) is 0.375. The van der Waals surface area contributed by atoms with Crippen LogP contribution in [0.5, 0.6) is 0 Å². The van der Waals surface area contributed by atoms with Gasteiger partial charge in [0.05, 0.1) is 5.60 Å².